The molecule has 1 aliphatic heterocycles. The molecule has 0 aliphatic carbocycles. The van der Waals surface area contributed by atoms with E-state index in [-0.39, 0.29) is 0 Å². The van der Waals surface area contributed by atoms with E-state index in [1.165, 1.54) is 0 Å². The third kappa shape index (κ3) is 1.87. The normalized spacial score (nSPS) is 13.7. The molecule has 0 radical (unpaired) electrons. The first-order valence-corrected chi connectivity index (χ1v) is 7.83. The molecule has 0 spiro atoms. The van der Waals surface area contributed by atoms with Gasteiger partial charge in [0.25, 0.3) is 0 Å². The van der Waals surface area contributed by atoms with Gasteiger partial charge >= 0.3 is 0 Å². The molecular formula is C15H10ClN3S. The Morgan fingerprint density at radius 2 is 1.95 bits per heavy atom. The quantitative estimate of drug-likeness (QED) is 0.634. The van der Waals surface area contributed by atoms with Crippen LogP contribution in [0.4, 0.5) is 0 Å². The summed E-state index contributed by atoms with van der Waals surface area (Å²) in [5.74, 6) is 2.51. The topological polar surface area (TPSA) is 38.7 Å². The van der Waals surface area contributed by atoms with Gasteiger partial charge in [0, 0.05) is 34.2 Å². The molecule has 1 aromatic carbocycles. The molecule has 3 nitrogen and oxygen atoms in total. The van der Waals surface area contributed by atoms with Gasteiger partial charge in [-0.15, -0.1) is 0 Å². The van der Waals surface area contributed by atoms with Gasteiger partial charge in [-0.1, -0.05) is 29.8 Å². The Morgan fingerprint density at radius 1 is 1.05 bits per heavy atom. The maximum atomic E-state index is 6.30. The van der Waals surface area contributed by atoms with Crippen molar-refractivity contribution >= 4 is 34.3 Å². The Kier molecular flexibility index (Phi) is 2.86. The van der Waals surface area contributed by atoms with Crippen molar-refractivity contribution < 1.29 is 0 Å². The summed E-state index contributed by atoms with van der Waals surface area (Å²) in [6.45, 7) is 0. The highest BCUT2D eigenvalue weighted by Gasteiger charge is 2.19. The standard InChI is InChI=1S/C15H10ClN3S/c16-14-11-7-20-8-13(11)18-15(19-14)10-5-6-17-12-4-2-1-3-9(10)12/h1-6H,7-8H2. The summed E-state index contributed by atoms with van der Waals surface area (Å²) in [4.78, 5) is 13.5. The molecule has 0 bridgehead atoms. The van der Waals surface area contributed by atoms with Crippen molar-refractivity contribution in [2.75, 3.05) is 0 Å². The smallest absolute Gasteiger partial charge is 0.161 e. The van der Waals surface area contributed by atoms with Crippen LogP contribution in [0.25, 0.3) is 22.3 Å². The van der Waals surface area contributed by atoms with E-state index < -0.39 is 0 Å². The van der Waals surface area contributed by atoms with Crippen molar-refractivity contribution in [3.05, 3.63) is 52.9 Å². The molecule has 0 fully saturated rings. The summed E-state index contributed by atoms with van der Waals surface area (Å²) in [6, 6.07) is 9.95. The van der Waals surface area contributed by atoms with E-state index in [9.17, 15) is 0 Å². The van der Waals surface area contributed by atoms with Crippen LogP contribution in [0.15, 0.2) is 36.5 Å². The molecule has 3 aromatic rings. The van der Waals surface area contributed by atoms with E-state index in [4.69, 9.17) is 16.6 Å². The Morgan fingerprint density at radius 3 is 2.90 bits per heavy atom. The number of aromatic nitrogens is 3. The van der Waals surface area contributed by atoms with Crippen LogP contribution < -0.4 is 0 Å². The van der Waals surface area contributed by atoms with Crippen molar-refractivity contribution in [1.82, 2.24) is 15.0 Å². The highest BCUT2D eigenvalue weighted by atomic mass is 35.5. The van der Waals surface area contributed by atoms with Crippen LogP contribution >= 0.6 is 23.4 Å². The molecule has 0 amide bonds. The number of nitrogens with zero attached hydrogens (tertiary/aromatic N) is 3. The molecule has 20 heavy (non-hydrogen) atoms. The molecule has 1 aliphatic rings. The third-order valence-corrected chi connectivity index (χ3v) is 4.70. The van der Waals surface area contributed by atoms with Crippen LogP contribution in [0.1, 0.15) is 11.3 Å². The Bertz CT molecular complexity index is 814. The number of hydrogen-bond acceptors (Lipinski definition) is 4. The van der Waals surface area contributed by atoms with Gasteiger partial charge in [0.1, 0.15) is 5.15 Å². The summed E-state index contributed by atoms with van der Waals surface area (Å²) in [6.07, 6.45) is 1.79. The highest BCUT2D eigenvalue weighted by molar-refractivity contribution is 7.98. The fraction of sp³-hybridized carbons (Fsp3) is 0.133. The van der Waals surface area contributed by atoms with Crippen LogP contribution in [0.5, 0.6) is 0 Å². The number of thioether (sulfide) groups is 1. The Labute approximate surface area is 125 Å². The van der Waals surface area contributed by atoms with E-state index in [0.29, 0.717) is 11.0 Å². The van der Waals surface area contributed by atoms with Gasteiger partial charge in [0.2, 0.25) is 0 Å². The van der Waals surface area contributed by atoms with Gasteiger partial charge < -0.3 is 0 Å². The first kappa shape index (κ1) is 12.1. The van der Waals surface area contributed by atoms with Crippen molar-refractivity contribution in [3.8, 4) is 11.4 Å². The Balaban J connectivity index is 1.98. The van der Waals surface area contributed by atoms with Gasteiger partial charge in [-0.3, -0.25) is 4.98 Å². The molecule has 0 saturated carbocycles. The monoisotopic (exact) mass is 299 g/mol. The van der Waals surface area contributed by atoms with E-state index in [2.05, 4.69) is 9.97 Å². The summed E-state index contributed by atoms with van der Waals surface area (Å²) in [7, 11) is 0. The first-order chi connectivity index (χ1) is 9.83. The van der Waals surface area contributed by atoms with Gasteiger partial charge in [-0.05, 0) is 12.1 Å². The van der Waals surface area contributed by atoms with Gasteiger partial charge in [-0.2, -0.15) is 11.8 Å². The number of rotatable bonds is 1. The molecule has 3 heterocycles. The summed E-state index contributed by atoms with van der Waals surface area (Å²) in [5, 5.41) is 1.63. The van der Waals surface area contributed by atoms with Crippen molar-refractivity contribution in [1.29, 1.82) is 0 Å². The molecule has 0 unspecified atom stereocenters. The lowest BCUT2D eigenvalue weighted by Gasteiger charge is -2.07. The fourth-order valence-electron chi connectivity index (χ4n) is 2.42. The van der Waals surface area contributed by atoms with E-state index in [0.717, 1.165) is 39.2 Å². The number of para-hydroxylation sites is 1. The molecule has 0 saturated heterocycles. The van der Waals surface area contributed by atoms with E-state index in [1.807, 2.05) is 42.1 Å². The molecule has 5 heteroatoms. The predicted molar refractivity (Wildman–Crippen MR) is 82.8 cm³/mol. The lowest BCUT2D eigenvalue weighted by molar-refractivity contribution is 1.07. The van der Waals surface area contributed by atoms with Crippen LogP contribution in [-0.2, 0) is 11.5 Å². The number of halogens is 1. The van der Waals surface area contributed by atoms with Gasteiger partial charge in [0.15, 0.2) is 5.82 Å². The zero-order valence-corrected chi connectivity index (χ0v) is 12.1. The maximum Gasteiger partial charge on any atom is 0.161 e. The van der Waals surface area contributed by atoms with Crippen LogP contribution in [0, 0.1) is 0 Å². The summed E-state index contributed by atoms with van der Waals surface area (Å²) < 4.78 is 0. The molecule has 98 valence electrons. The molecular weight excluding hydrogens is 290 g/mol. The predicted octanol–water partition coefficient (Wildman–Crippen LogP) is 4.09. The number of fused-ring (bicyclic) bond motifs is 2. The molecule has 0 atom stereocenters. The number of pyridine rings is 1. The SMILES string of the molecule is Clc1nc(-c2ccnc3ccccc23)nc2c1CSC2. The highest BCUT2D eigenvalue weighted by Crippen LogP contribution is 2.35. The van der Waals surface area contributed by atoms with Crippen LogP contribution in [0.3, 0.4) is 0 Å². The van der Waals surface area contributed by atoms with E-state index in [1.54, 1.807) is 6.20 Å². The second-order valence-corrected chi connectivity index (χ2v) is 5.98. The Hall–Kier alpha value is -1.65. The third-order valence-electron chi connectivity index (χ3n) is 3.42. The average molecular weight is 300 g/mol. The van der Waals surface area contributed by atoms with Crippen molar-refractivity contribution in [3.63, 3.8) is 0 Å². The first-order valence-electron chi connectivity index (χ1n) is 6.30. The van der Waals surface area contributed by atoms with Crippen molar-refractivity contribution in [2.24, 2.45) is 0 Å². The van der Waals surface area contributed by atoms with Gasteiger partial charge in [0.05, 0.1) is 11.2 Å². The average Bonchev–Trinajstić information content (AvgIpc) is 2.95. The zero-order valence-electron chi connectivity index (χ0n) is 10.5. The lowest BCUT2D eigenvalue weighted by atomic mass is 10.1. The van der Waals surface area contributed by atoms with Crippen LogP contribution in [0.2, 0.25) is 5.15 Å². The fourth-order valence-corrected chi connectivity index (χ4v) is 3.80. The van der Waals surface area contributed by atoms with Crippen LogP contribution in [-0.4, -0.2) is 15.0 Å². The molecule has 4 rings (SSSR count). The zero-order chi connectivity index (χ0) is 13.5. The van der Waals surface area contributed by atoms with E-state index >= 15 is 0 Å². The second kappa shape index (κ2) is 4.72. The minimum Gasteiger partial charge on any atom is -0.256 e. The lowest BCUT2D eigenvalue weighted by Crippen LogP contribution is -1.98. The largest absolute Gasteiger partial charge is 0.256 e. The molecule has 0 N–H and O–H groups in total. The maximum absolute atomic E-state index is 6.30. The summed E-state index contributed by atoms with van der Waals surface area (Å²) in [5.41, 5.74) is 4.07. The second-order valence-electron chi connectivity index (χ2n) is 4.63. The van der Waals surface area contributed by atoms with Gasteiger partial charge in [-0.25, -0.2) is 9.97 Å². The minimum absolute atomic E-state index is 0.580. The van der Waals surface area contributed by atoms with Crippen molar-refractivity contribution in [2.45, 2.75) is 11.5 Å². The number of hydrogen-bond donors (Lipinski definition) is 0. The summed E-state index contributed by atoms with van der Waals surface area (Å²) >= 11 is 8.12. The minimum atomic E-state index is 0.580. The number of benzene rings is 1. The molecule has 2 aromatic heterocycles.